The van der Waals surface area contributed by atoms with Crippen molar-refractivity contribution in [1.82, 2.24) is 0 Å². The van der Waals surface area contributed by atoms with Crippen molar-refractivity contribution in [2.75, 3.05) is 26.4 Å². The first-order valence-corrected chi connectivity index (χ1v) is 33.7. The Labute approximate surface area is 563 Å². The first kappa shape index (κ1) is 65.0. The molecule has 12 aromatic rings. The van der Waals surface area contributed by atoms with Crippen molar-refractivity contribution in [3.05, 3.63) is 236 Å². The molecule has 0 amide bonds. The number of phenolic OH excluding ortho intramolecular Hbond substituents is 1. The number of phenols is 1. The Hall–Kier alpha value is -9.67. The van der Waals surface area contributed by atoms with Crippen LogP contribution in [0.4, 0.5) is 0 Å². The number of hydrogen-bond acceptors (Lipinski definition) is 10. The molecule has 0 heterocycles. The van der Waals surface area contributed by atoms with Crippen LogP contribution >= 0.6 is 0 Å². The molecule has 96 heavy (non-hydrogen) atoms. The molecule has 0 spiro atoms. The minimum Gasteiger partial charge on any atom is -0.507 e. The lowest BCUT2D eigenvalue weighted by atomic mass is 9.79. The molecule has 10 nitrogen and oxygen atoms in total. The van der Waals surface area contributed by atoms with Crippen molar-refractivity contribution >= 4 is 82.5 Å². The molecule has 0 saturated heterocycles. The van der Waals surface area contributed by atoms with Gasteiger partial charge in [0.15, 0.2) is 19.8 Å². The zero-order chi connectivity index (χ0) is 67.8. The number of benzene rings is 12. The van der Waals surface area contributed by atoms with Gasteiger partial charge in [-0.15, -0.1) is 0 Å². The summed E-state index contributed by atoms with van der Waals surface area (Å²) >= 11 is 0. The van der Waals surface area contributed by atoms with Crippen molar-refractivity contribution in [1.29, 1.82) is 0 Å². The molecule has 1 N–H and O–H groups in total. The second kappa shape index (κ2) is 25.2. The maximum absolute atomic E-state index is 14.6. The van der Waals surface area contributed by atoms with E-state index in [4.69, 9.17) is 28.4 Å². The average molecular weight is 1280 g/mol. The topological polar surface area (TPSA) is 127 Å². The Morgan fingerprint density at radius 1 is 0.344 bits per heavy atom. The van der Waals surface area contributed by atoms with Gasteiger partial charge in [-0.2, -0.15) is 0 Å². The van der Waals surface area contributed by atoms with E-state index >= 15 is 0 Å². The molecule has 490 valence electrons. The number of aromatic hydroxyl groups is 1. The van der Waals surface area contributed by atoms with Crippen molar-refractivity contribution in [2.24, 2.45) is 0 Å². The van der Waals surface area contributed by atoms with Crippen molar-refractivity contribution in [3.63, 3.8) is 0 Å². The zero-order valence-electron chi connectivity index (χ0n) is 57.7. The van der Waals surface area contributed by atoms with E-state index in [9.17, 15) is 19.5 Å². The average Bonchev–Trinajstić information content (AvgIpc) is 0.752. The monoisotopic (exact) mass is 1280 g/mol. The second-order valence-electron chi connectivity index (χ2n) is 30.4. The Morgan fingerprint density at radius 2 is 0.604 bits per heavy atom. The van der Waals surface area contributed by atoms with Crippen LogP contribution in [0.1, 0.15) is 168 Å². The highest BCUT2D eigenvalue weighted by molar-refractivity contribution is 6.24. The smallest absolute Gasteiger partial charge is 0.344 e. The van der Waals surface area contributed by atoms with Gasteiger partial charge in [0.05, 0.1) is 6.61 Å². The summed E-state index contributed by atoms with van der Waals surface area (Å²) in [6, 6.07) is 55.1. The number of rotatable bonds is 14. The van der Waals surface area contributed by atoms with Crippen LogP contribution in [0.15, 0.2) is 158 Å². The number of fused-ring (bicyclic) bond motifs is 8. The standard InChI is InChI=1S/C86H86O10/c1-14-91-72(87)47-94-80-60-33-58-37-66(83(2,3)4)38-59(79(58)90)34-61-40-68(85(8,9)10)42-63(81(61)95-48-73(88)92-45-56-27-25-54-23-21-50-17-15-19-52-29-31-70(56)77(54)75(50)52)36-65-44-69(86(11,12)13)43-64(35-62(80)41-67(39-60)84(5,6)7)82(65)96-49-74(89)93-46-57-28-26-55-24-22-51-18-16-20-53-30-32-71(57)78(55)76(51)53/h15-32,37-44,90H,14,33-36,45-49H2,1-13H3. The van der Waals surface area contributed by atoms with E-state index in [0.29, 0.717) is 28.4 Å². The summed E-state index contributed by atoms with van der Waals surface area (Å²) in [5, 5.41) is 26.5. The minimum absolute atomic E-state index is 0.0292. The van der Waals surface area contributed by atoms with Crippen LogP contribution in [0.25, 0.3) is 64.6 Å². The van der Waals surface area contributed by atoms with Gasteiger partial charge in [0.1, 0.15) is 36.2 Å². The molecule has 8 bridgehead atoms. The molecule has 13 rings (SSSR count). The SMILES string of the molecule is CCOC(=O)COc1c2cc(C(C)(C)C)cc1Cc1cc(C(C)(C)C)cc(c1OCC(=O)OCc1ccc3ccc4cccc5ccc1c3c45)Cc1cc(C(C)(C)C)cc(c1OCC(=O)OCc1ccc3ccc4cccc5ccc1c3c45)Cc1cc(C(C)(C)C)cc(c1O)C2. The molecule has 0 unspecified atom stereocenters. The molecule has 1 aliphatic carbocycles. The molecule has 1 aliphatic rings. The first-order valence-electron chi connectivity index (χ1n) is 33.7. The van der Waals surface area contributed by atoms with Gasteiger partial charge in [-0.25, -0.2) is 14.4 Å². The van der Waals surface area contributed by atoms with Crippen LogP contribution in [0.5, 0.6) is 23.0 Å². The molecule has 12 aromatic carbocycles. The molecular formula is C86H86O10. The van der Waals surface area contributed by atoms with E-state index in [1.807, 2.05) is 12.1 Å². The van der Waals surface area contributed by atoms with E-state index in [2.05, 4.69) is 229 Å². The summed E-state index contributed by atoms with van der Waals surface area (Å²) in [5.41, 5.74) is 10.3. The largest absolute Gasteiger partial charge is 0.507 e. The number of esters is 3. The Bertz CT molecular complexity index is 4990. The molecule has 0 aromatic heterocycles. The van der Waals surface area contributed by atoms with Gasteiger partial charge in [0, 0.05) is 25.7 Å². The summed E-state index contributed by atoms with van der Waals surface area (Å²) in [5.74, 6) is -0.0273. The van der Waals surface area contributed by atoms with E-state index in [1.54, 1.807) is 6.92 Å². The predicted molar refractivity (Wildman–Crippen MR) is 386 cm³/mol. The van der Waals surface area contributed by atoms with Crippen LogP contribution < -0.4 is 14.2 Å². The van der Waals surface area contributed by atoms with Crippen LogP contribution in [0.3, 0.4) is 0 Å². The van der Waals surface area contributed by atoms with Crippen molar-refractivity contribution in [3.8, 4) is 23.0 Å². The Balaban J connectivity index is 0.950. The van der Waals surface area contributed by atoms with E-state index in [0.717, 1.165) is 121 Å². The maximum atomic E-state index is 14.6. The Morgan fingerprint density at radius 3 is 0.906 bits per heavy atom. The van der Waals surface area contributed by atoms with Crippen molar-refractivity contribution < 1.29 is 47.9 Å². The van der Waals surface area contributed by atoms with Gasteiger partial charge in [0.25, 0.3) is 0 Å². The van der Waals surface area contributed by atoms with E-state index in [1.165, 1.54) is 10.8 Å². The highest BCUT2D eigenvalue weighted by atomic mass is 16.6. The summed E-state index contributed by atoms with van der Waals surface area (Å²) < 4.78 is 38.7. The van der Waals surface area contributed by atoms with Gasteiger partial charge in [-0.05, 0) is 171 Å². The van der Waals surface area contributed by atoms with Gasteiger partial charge >= 0.3 is 17.9 Å². The lowest BCUT2D eigenvalue weighted by Crippen LogP contribution is -2.20. The minimum atomic E-state index is -0.549. The van der Waals surface area contributed by atoms with Gasteiger partial charge in [-0.3, -0.25) is 0 Å². The molecule has 0 atom stereocenters. The number of hydrogen-bond donors (Lipinski definition) is 1. The fraction of sp³-hybridized carbons (Fsp3) is 0.314. The van der Waals surface area contributed by atoms with E-state index in [-0.39, 0.29) is 74.1 Å². The maximum Gasteiger partial charge on any atom is 0.344 e. The van der Waals surface area contributed by atoms with Crippen LogP contribution in [0.2, 0.25) is 0 Å². The van der Waals surface area contributed by atoms with Gasteiger partial charge in [-0.1, -0.05) is 241 Å². The molecule has 0 radical (unpaired) electrons. The lowest BCUT2D eigenvalue weighted by Gasteiger charge is -2.28. The predicted octanol–water partition coefficient (Wildman–Crippen LogP) is 19.2. The fourth-order valence-corrected chi connectivity index (χ4v) is 14.0. The molecular weight excluding hydrogens is 1190 g/mol. The van der Waals surface area contributed by atoms with Crippen LogP contribution in [0, 0.1) is 0 Å². The molecule has 10 heteroatoms. The third kappa shape index (κ3) is 13.0. The number of carbonyl (C=O) groups is 3. The quantitative estimate of drug-likeness (QED) is 0.0639. The highest BCUT2D eigenvalue weighted by Crippen LogP contribution is 2.46. The highest BCUT2D eigenvalue weighted by Gasteiger charge is 2.31. The van der Waals surface area contributed by atoms with Gasteiger partial charge < -0.3 is 33.5 Å². The van der Waals surface area contributed by atoms with Gasteiger partial charge in [0.2, 0.25) is 0 Å². The third-order valence-electron chi connectivity index (χ3n) is 19.3. The zero-order valence-corrected chi connectivity index (χ0v) is 57.7. The van der Waals surface area contributed by atoms with Crippen LogP contribution in [-0.2, 0) is 89.2 Å². The summed E-state index contributed by atoms with van der Waals surface area (Å²) in [6.45, 7) is 26.9. The molecule has 0 aliphatic heterocycles. The third-order valence-corrected chi connectivity index (χ3v) is 19.3. The fourth-order valence-electron chi connectivity index (χ4n) is 14.0. The number of carbonyl (C=O) groups excluding carboxylic acids is 3. The van der Waals surface area contributed by atoms with Crippen molar-refractivity contribution in [2.45, 2.75) is 151 Å². The lowest BCUT2D eigenvalue weighted by molar-refractivity contribution is -0.148. The molecule has 0 saturated carbocycles. The summed E-state index contributed by atoms with van der Waals surface area (Å²) in [7, 11) is 0. The molecule has 0 fully saturated rings. The Kier molecular flexibility index (Phi) is 17.0. The summed E-state index contributed by atoms with van der Waals surface area (Å²) in [4.78, 5) is 42.5. The summed E-state index contributed by atoms with van der Waals surface area (Å²) in [6.07, 6.45) is 0.932. The van der Waals surface area contributed by atoms with E-state index < -0.39 is 36.5 Å². The van der Waals surface area contributed by atoms with Crippen LogP contribution in [-0.4, -0.2) is 49.4 Å². The number of ether oxygens (including phenoxy) is 6. The second-order valence-corrected chi connectivity index (χ2v) is 30.4. The normalized spacial score (nSPS) is 13.1. The first-order chi connectivity index (χ1) is 45.7.